The predicted octanol–water partition coefficient (Wildman–Crippen LogP) is 3.29. The summed E-state index contributed by atoms with van der Waals surface area (Å²) in [6.45, 7) is 9.27. The Kier molecular flexibility index (Phi) is 6.32. The molecule has 0 bridgehead atoms. The minimum absolute atomic E-state index is 0.0775. The zero-order valence-electron chi connectivity index (χ0n) is 16.7. The minimum Gasteiger partial charge on any atom is -0.381 e. The third-order valence-electron chi connectivity index (χ3n) is 5.14. The maximum Gasteiger partial charge on any atom is 0.267 e. The Morgan fingerprint density at radius 2 is 2.32 bits per heavy atom. The van der Waals surface area contributed by atoms with Gasteiger partial charge in [0, 0.05) is 43.1 Å². The second-order valence-corrected chi connectivity index (χ2v) is 7.23. The molecule has 1 unspecified atom stereocenters. The molecule has 0 spiro atoms. The highest BCUT2D eigenvalue weighted by atomic mass is 16.5. The summed E-state index contributed by atoms with van der Waals surface area (Å²) in [5.41, 5.74) is 3.16. The molecule has 1 atom stereocenters. The van der Waals surface area contributed by atoms with E-state index in [0.29, 0.717) is 24.9 Å². The summed E-state index contributed by atoms with van der Waals surface area (Å²) in [7, 11) is 0. The fraction of sp³-hybridized carbons (Fsp3) is 0.476. The molecule has 148 valence electrons. The first-order chi connectivity index (χ1) is 13.5. The third-order valence-corrected chi connectivity index (χ3v) is 5.14. The maximum atomic E-state index is 12.7. The van der Waals surface area contributed by atoms with Crippen LogP contribution in [0, 0.1) is 31.1 Å². The number of amides is 1. The van der Waals surface area contributed by atoms with Gasteiger partial charge in [0.1, 0.15) is 17.5 Å². The van der Waals surface area contributed by atoms with E-state index in [4.69, 9.17) is 4.74 Å². The number of aryl methyl sites for hydroxylation is 1. The zero-order valence-corrected chi connectivity index (χ0v) is 16.7. The number of carbonyl (C=O) groups is 1. The topological polar surface area (TPSA) is 84.9 Å². The summed E-state index contributed by atoms with van der Waals surface area (Å²) in [6.07, 6.45) is 5.33. The van der Waals surface area contributed by atoms with Crippen LogP contribution in [0.4, 0.5) is 5.82 Å². The molecule has 7 nitrogen and oxygen atoms in total. The molecule has 1 aliphatic rings. The Morgan fingerprint density at radius 1 is 1.50 bits per heavy atom. The van der Waals surface area contributed by atoms with Gasteiger partial charge in [0.25, 0.3) is 5.91 Å². The van der Waals surface area contributed by atoms with Gasteiger partial charge in [0.05, 0.1) is 12.8 Å². The first kappa shape index (κ1) is 19.9. The van der Waals surface area contributed by atoms with Crippen molar-refractivity contribution in [3.63, 3.8) is 0 Å². The Labute approximate surface area is 165 Å². The van der Waals surface area contributed by atoms with E-state index in [-0.39, 0.29) is 5.57 Å². The van der Waals surface area contributed by atoms with Gasteiger partial charge in [-0.3, -0.25) is 4.79 Å². The van der Waals surface area contributed by atoms with Gasteiger partial charge in [0.2, 0.25) is 0 Å². The smallest absolute Gasteiger partial charge is 0.267 e. The van der Waals surface area contributed by atoms with Crippen LogP contribution in [-0.2, 0) is 22.6 Å². The van der Waals surface area contributed by atoms with E-state index in [9.17, 15) is 10.1 Å². The Hall–Kier alpha value is -2.85. The quantitative estimate of drug-likeness (QED) is 0.589. The first-order valence-corrected chi connectivity index (χ1v) is 9.73. The number of ether oxygens (including phenoxy) is 1. The molecule has 1 amide bonds. The van der Waals surface area contributed by atoms with Crippen LogP contribution >= 0.6 is 0 Å². The van der Waals surface area contributed by atoms with E-state index in [1.807, 2.05) is 26.0 Å². The van der Waals surface area contributed by atoms with Gasteiger partial charge in [-0.05, 0) is 44.4 Å². The van der Waals surface area contributed by atoms with Gasteiger partial charge in [-0.25, -0.2) is 4.68 Å². The van der Waals surface area contributed by atoms with Crippen LogP contribution in [0.1, 0.15) is 36.7 Å². The SMILES string of the molecule is CCCn1c(C)cc(/C=C(/C#N)C(=O)Nc2ccnn2CC2CCOC2)c1C. The Bertz CT molecular complexity index is 910. The number of nitriles is 1. The molecule has 7 heteroatoms. The summed E-state index contributed by atoms with van der Waals surface area (Å²) in [6, 6.07) is 5.79. The number of hydrogen-bond acceptors (Lipinski definition) is 4. The second-order valence-electron chi connectivity index (χ2n) is 7.23. The van der Waals surface area contributed by atoms with Gasteiger partial charge < -0.3 is 14.6 Å². The van der Waals surface area contributed by atoms with E-state index < -0.39 is 5.91 Å². The average Bonchev–Trinajstić information content (AvgIpc) is 3.39. The van der Waals surface area contributed by atoms with Crippen LogP contribution in [0.3, 0.4) is 0 Å². The first-order valence-electron chi connectivity index (χ1n) is 9.73. The zero-order chi connectivity index (χ0) is 20.1. The van der Waals surface area contributed by atoms with Crippen molar-refractivity contribution in [2.75, 3.05) is 18.5 Å². The van der Waals surface area contributed by atoms with Crippen molar-refractivity contribution in [2.45, 2.75) is 46.7 Å². The number of nitrogens with zero attached hydrogens (tertiary/aromatic N) is 4. The molecule has 28 heavy (non-hydrogen) atoms. The number of carbonyl (C=O) groups excluding carboxylic acids is 1. The molecule has 1 aliphatic heterocycles. The van der Waals surface area contributed by atoms with Crippen molar-refractivity contribution in [2.24, 2.45) is 5.92 Å². The van der Waals surface area contributed by atoms with Crippen molar-refractivity contribution in [3.05, 3.63) is 40.9 Å². The molecule has 1 fully saturated rings. The third kappa shape index (κ3) is 4.34. The number of anilines is 1. The lowest BCUT2D eigenvalue weighted by molar-refractivity contribution is -0.112. The van der Waals surface area contributed by atoms with Crippen LogP contribution in [0.2, 0.25) is 0 Å². The fourth-order valence-corrected chi connectivity index (χ4v) is 3.59. The minimum atomic E-state index is -0.424. The van der Waals surface area contributed by atoms with Gasteiger partial charge in [-0.15, -0.1) is 0 Å². The molecular formula is C21H27N5O2. The van der Waals surface area contributed by atoms with E-state index in [0.717, 1.165) is 42.9 Å². The molecule has 1 saturated heterocycles. The summed E-state index contributed by atoms with van der Waals surface area (Å²) < 4.78 is 9.38. The predicted molar refractivity (Wildman–Crippen MR) is 108 cm³/mol. The monoisotopic (exact) mass is 381 g/mol. The molecule has 2 aromatic rings. The highest BCUT2D eigenvalue weighted by Gasteiger charge is 2.19. The molecule has 2 aromatic heterocycles. The highest BCUT2D eigenvalue weighted by Crippen LogP contribution is 2.20. The number of rotatable bonds is 7. The number of aromatic nitrogens is 3. The van der Waals surface area contributed by atoms with E-state index in [1.165, 1.54) is 0 Å². The summed E-state index contributed by atoms with van der Waals surface area (Å²) in [5.74, 6) is 0.562. The molecule has 0 aliphatic carbocycles. The summed E-state index contributed by atoms with van der Waals surface area (Å²) in [4.78, 5) is 12.7. The number of hydrogen-bond donors (Lipinski definition) is 1. The standard InChI is InChI=1S/C21H27N5O2/c1-4-8-25-15(2)10-18(16(25)3)11-19(12-22)21(27)24-20-5-7-23-26(20)13-17-6-9-28-14-17/h5,7,10-11,17H,4,6,8-9,13-14H2,1-3H3,(H,24,27)/b19-11-. The van der Waals surface area contributed by atoms with Gasteiger partial charge >= 0.3 is 0 Å². The van der Waals surface area contributed by atoms with Crippen LogP contribution in [0.15, 0.2) is 23.9 Å². The van der Waals surface area contributed by atoms with Crippen molar-refractivity contribution in [1.29, 1.82) is 5.26 Å². The van der Waals surface area contributed by atoms with Crippen molar-refractivity contribution >= 4 is 17.8 Å². The Balaban J connectivity index is 1.76. The van der Waals surface area contributed by atoms with Gasteiger partial charge in [0.15, 0.2) is 0 Å². The molecule has 3 heterocycles. The highest BCUT2D eigenvalue weighted by molar-refractivity contribution is 6.09. The lowest BCUT2D eigenvalue weighted by Crippen LogP contribution is -2.19. The lowest BCUT2D eigenvalue weighted by Gasteiger charge is -2.12. The molecular weight excluding hydrogens is 354 g/mol. The lowest BCUT2D eigenvalue weighted by atomic mass is 10.1. The van der Waals surface area contributed by atoms with E-state index in [1.54, 1.807) is 23.0 Å². The fourth-order valence-electron chi connectivity index (χ4n) is 3.59. The molecule has 0 radical (unpaired) electrons. The molecule has 0 aromatic carbocycles. The van der Waals surface area contributed by atoms with Crippen molar-refractivity contribution in [3.8, 4) is 6.07 Å². The molecule has 3 rings (SSSR count). The van der Waals surface area contributed by atoms with Crippen LogP contribution < -0.4 is 5.32 Å². The van der Waals surface area contributed by atoms with Crippen LogP contribution in [0.25, 0.3) is 6.08 Å². The Morgan fingerprint density at radius 3 is 3.00 bits per heavy atom. The largest absolute Gasteiger partial charge is 0.381 e. The maximum absolute atomic E-state index is 12.7. The normalized spacial score (nSPS) is 16.9. The van der Waals surface area contributed by atoms with E-state index in [2.05, 4.69) is 21.9 Å². The van der Waals surface area contributed by atoms with Crippen molar-refractivity contribution < 1.29 is 9.53 Å². The van der Waals surface area contributed by atoms with Gasteiger partial charge in [-0.1, -0.05) is 6.92 Å². The summed E-state index contributed by atoms with van der Waals surface area (Å²) in [5, 5.41) is 16.6. The number of nitrogens with one attached hydrogen (secondary N) is 1. The van der Waals surface area contributed by atoms with Crippen molar-refractivity contribution in [1.82, 2.24) is 14.3 Å². The average molecular weight is 381 g/mol. The molecule has 0 saturated carbocycles. The second kappa shape index (κ2) is 8.89. The molecule has 1 N–H and O–H groups in total. The van der Waals surface area contributed by atoms with E-state index >= 15 is 0 Å². The van der Waals surface area contributed by atoms with Crippen LogP contribution in [0.5, 0.6) is 0 Å². The van der Waals surface area contributed by atoms with Gasteiger partial charge in [-0.2, -0.15) is 10.4 Å². The van der Waals surface area contributed by atoms with Crippen LogP contribution in [-0.4, -0.2) is 33.5 Å². The summed E-state index contributed by atoms with van der Waals surface area (Å²) >= 11 is 0.